The Kier molecular flexibility index (Phi) is 8.90. The molecule has 0 aliphatic heterocycles. The van der Waals surface area contributed by atoms with Crippen molar-refractivity contribution in [3.05, 3.63) is 209 Å². The van der Waals surface area contributed by atoms with Gasteiger partial charge in [-0.05, 0) is 113 Å². The summed E-state index contributed by atoms with van der Waals surface area (Å²) in [4.78, 5) is 2.39. The van der Waals surface area contributed by atoms with E-state index in [1.54, 1.807) is 0 Å². The van der Waals surface area contributed by atoms with Crippen molar-refractivity contribution >= 4 is 50.6 Å². The van der Waals surface area contributed by atoms with Crippen LogP contribution in [-0.4, -0.2) is 0 Å². The molecule has 8 aromatic rings. The van der Waals surface area contributed by atoms with E-state index in [2.05, 4.69) is 209 Å². The van der Waals surface area contributed by atoms with Crippen molar-refractivity contribution in [2.45, 2.75) is 40.0 Å². The zero-order valence-electron chi connectivity index (χ0n) is 32.7. The van der Waals surface area contributed by atoms with Crippen molar-refractivity contribution in [1.29, 1.82) is 0 Å². The Bertz CT molecular complexity index is 2840. The molecular weight excluding hydrogens is 679 g/mol. The summed E-state index contributed by atoms with van der Waals surface area (Å²) < 4.78 is 6.43. The minimum atomic E-state index is -0.110. The Morgan fingerprint density at radius 2 is 1.21 bits per heavy atom. The second-order valence-corrected chi connectivity index (χ2v) is 15.7. The molecule has 0 unspecified atom stereocenters. The Morgan fingerprint density at radius 1 is 0.571 bits per heavy atom. The quantitative estimate of drug-likeness (QED) is 0.145. The molecule has 0 N–H and O–H groups in total. The van der Waals surface area contributed by atoms with Crippen LogP contribution in [0.1, 0.15) is 55.5 Å². The SMILES string of the molecule is CC(C)=C/C=C(\C=C\c1ccccc1C)c1ccc(N(c2ccc(-c3cccc4c3oc3ccccc34)cc2)c2ccc3c(c2)C(C)(C)c2ccccc2-3)cc1. The van der Waals surface area contributed by atoms with Gasteiger partial charge in [0.25, 0.3) is 0 Å². The van der Waals surface area contributed by atoms with Gasteiger partial charge in [0, 0.05) is 38.8 Å². The number of nitrogens with zero attached hydrogens (tertiary/aromatic N) is 1. The van der Waals surface area contributed by atoms with Gasteiger partial charge in [0.1, 0.15) is 11.2 Å². The van der Waals surface area contributed by atoms with Crippen LogP contribution in [0.4, 0.5) is 17.1 Å². The Labute approximate surface area is 330 Å². The lowest BCUT2D eigenvalue weighted by atomic mass is 9.82. The summed E-state index contributed by atoms with van der Waals surface area (Å²) in [5.74, 6) is 0. The highest BCUT2D eigenvalue weighted by Gasteiger charge is 2.35. The van der Waals surface area contributed by atoms with E-state index in [0.29, 0.717) is 0 Å². The number of furan rings is 1. The van der Waals surface area contributed by atoms with E-state index < -0.39 is 0 Å². The zero-order valence-corrected chi connectivity index (χ0v) is 32.7. The molecule has 0 bridgehead atoms. The molecule has 2 heteroatoms. The first-order valence-electron chi connectivity index (χ1n) is 19.5. The number of hydrogen-bond donors (Lipinski definition) is 0. The maximum Gasteiger partial charge on any atom is 0.143 e. The number of hydrogen-bond acceptors (Lipinski definition) is 2. The van der Waals surface area contributed by atoms with E-state index in [9.17, 15) is 0 Å². The van der Waals surface area contributed by atoms with E-state index >= 15 is 0 Å². The number of rotatable bonds is 8. The lowest BCUT2D eigenvalue weighted by Crippen LogP contribution is -2.16. The van der Waals surface area contributed by atoms with Crippen LogP contribution in [0.5, 0.6) is 0 Å². The van der Waals surface area contributed by atoms with Crippen molar-refractivity contribution in [1.82, 2.24) is 0 Å². The third-order valence-electron chi connectivity index (χ3n) is 11.4. The number of anilines is 3. The van der Waals surface area contributed by atoms with Gasteiger partial charge < -0.3 is 9.32 Å². The molecule has 1 aliphatic rings. The number of fused-ring (bicyclic) bond motifs is 6. The third-order valence-corrected chi connectivity index (χ3v) is 11.4. The number of benzene rings is 7. The summed E-state index contributed by atoms with van der Waals surface area (Å²) in [6.07, 6.45) is 8.86. The molecule has 9 rings (SSSR count). The fourth-order valence-electron chi connectivity index (χ4n) is 8.30. The number of para-hydroxylation sites is 2. The average Bonchev–Trinajstić information content (AvgIpc) is 3.71. The predicted octanol–water partition coefficient (Wildman–Crippen LogP) is 15.4. The molecule has 1 heterocycles. The lowest BCUT2D eigenvalue weighted by molar-refractivity contribution is 0.660. The van der Waals surface area contributed by atoms with Crippen LogP contribution >= 0.6 is 0 Å². The highest BCUT2D eigenvalue weighted by Crippen LogP contribution is 2.50. The van der Waals surface area contributed by atoms with Crippen LogP contribution < -0.4 is 4.90 Å². The van der Waals surface area contributed by atoms with E-state index in [1.807, 2.05) is 12.1 Å². The van der Waals surface area contributed by atoms with Crippen LogP contribution in [0.25, 0.3) is 55.8 Å². The Morgan fingerprint density at radius 3 is 2.00 bits per heavy atom. The molecule has 0 radical (unpaired) electrons. The molecule has 0 fully saturated rings. The summed E-state index contributed by atoms with van der Waals surface area (Å²) in [7, 11) is 0. The first kappa shape index (κ1) is 35.1. The fourth-order valence-corrected chi connectivity index (χ4v) is 8.30. The maximum absolute atomic E-state index is 6.43. The van der Waals surface area contributed by atoms with Crippen molar-refractivity contribution in [3.63, 3.8) is 0 Å². The molecule has 0 saturated heterocycles. The van der Waals surface area contributed by atoms with Gasteiger partial charge in [0.15, 0.2) is 0 Å². The van der Waals surface area contributed by atoms with Crippen LogP contribution in [-0.2, 0) is 5.41 Å². The standard InChI is InChI=1S/C54H45NO/c1-36(2)21-22-39(24-23-38-14-7-6-13-37(38)3)40-25-29-42(30-26-40)55(44-33-34-47-46-15-8-10-19-50(46)54(4,5)51(47)35-44)43-31-27-41(28-32-43)45-17-12-18-49-48-16-9-11-20-52(48)56-53(45)49/h6-35H,1-5H3/b24-23+,39-22+. The molecule has 272 valence electrons. The van der Waals surface area contributed by atoms with Crippen molar-refractivity contribution in [3.8, 4) is 22.3 Å². The second-order valence-electron chi connectivity index (χ2n) is 15.7. The van der Waals surface area contributed by atoms with Gasteiger partial charge in [-0.15, -0.1) is 0 Å². The Balaban J connectivity index is 1.14. The smallest absolute Gasteiger partial charge is 0.143 e. The van der Waals surface area contributed by atoms with Crippen LogP contribution in [0, 0.1) is 6.92 Å². The van der Waals surface area contributed by atoms with Gasteiger partial charge in [0.05, 0.1) is 0 Å². The summed E-state index contributed by atoms with van der Waals surface area (Å²) >= 11 is 0. The second kappa shape index (κ2) is 14.2. The molecule has 7 aromatic carbocycles. The maximum atomic E-state index is 6.43. The first-order chi connectivity index (χ1) is 27.3. The van der Waals surface area contributed by atoms with E-state index in [4.69, 9.17) is 4.42 Å². The van der Waals surface area contributed by atoms with Crippen LogP contribution in [0.2, 0.25) is 0 Å². The molecule has 0 spiro atoms. The molecule has 56 heavy (non-hydrogen) atoms. The number of allylic oxidation sites excluding steroid dienone is 5. The topological polar surface area (TPSA) is 16.4 Å². The highest BCUT2D eigenvalue weighted by molar-refractivity contribution is 6.09. The lowest BCUT2D eigenvalue weighted by Gasteiger charge is -2.28. The summed E-state index contributed by atoms with van der Waals surface area (Å²) in [6, 6.07) is 57.0. The zero-order chi connectivity index (χ0) is 38.4. The van der Waals surface area contributed by atoms with Gasteiger partial charge in [-0.1, -0.05) is 159 Å². The van der Waals surface area contributed by atoms with Gasteiger partial charge in [0.2, 0.25) is 0 Å². The van der Waals surface area contributed by atoms with Crippen molar-refractivity contribution < 1.29 is 4.42 Å². The molecule has 0 atom stereocenters. The molecule has 1 aliphatic carbocycles. The molecule has 0 amide bonds. The van der Waals surface area contributed by atoms with Crippen LogP contribution in [0.3, 0.4) is 0 Å². The van der Waals surface area contributed by atoms with E-state index in [0.717, 1.165) is 61.3 Å². The minimum Gasteiger partial charge on any atom is -0.455 e. The van der Waals surface area contributed by atoms with Gasteiger partial charge >= 0.3 is 0 Å². The fraction of sp³-hybridized carbons (Fsp3) is 0.111. The van der Waals surface area contributed by atoms with E-state index in [1.165, 1.54) is 39.0 Å². The van der Waals surface area contributed by atoms with Crippen molar-refractivity contribution in [2.75, 3.05) is 4.90 Å². The number of aryl methyl sites for hydroxylation is 1. The normalized spacial score (nSPS) is 13.3. The average molecular weight is 724 g/mol. The molecule has 2 nitrogen and oxygen atoms in total. The van der Waals surface area contributed by atoms with Gasteiger partial charge in [-0.2, -0.15) is 0 Å². The third kappa shape index (κ3) is 6.28. The monoisotopic (exact) mass is 723 g/mol. The molecular formula is C54H45NO. The van der Waals surface area contributed by atoms with Crippen LogP contribution in [0.15, 0.2) is 186 Å². The highest BCUT2D eigenvalue weighted by atomic mass is 16.3. The summed E-state index contributed by atoms with van der Waals surface area (Å²) in [6.45, 7) is 11.1. The largest absolute Gasteiger partial charge is 0.455 e. The van der Waals surface area contributed by atoms with E-state index in [-0.39, 0.29) is 5.41 Å². The molecule has 1 aromatic heterocycles. The summed E-state index contributed by atoms with van der Waals surface area (Å²) in [5, 5.41) is 2.28. The van der Waals surface area contributed by atoms with Gasteiger partial charge in [-0.3, -0.25) is 0 Å². The molecule has 0 saturated carbocycles. The van der Waals surface area contributed by atoms with Gasteiger partial charge in [-0.25, -0.2) is 0 Å². The minimum absolute atomic E-state index is 0.110. The summed E-state index contributed by atoms with van der Waals surface area (Å²) in [5.41, 5.74) is 18.7. The Hall–Kier alpha value is -6.64. The predicted molar refractivity (Wildman–Crippen MR) is 239 cm³/mol. The van der Waals surface area contributed by atoms with Crippen molar-refractivity contribution in [2.24, 2.45) is 0 Å². The first-order valence-corrected chi connectivity index (χ1v) is 19.5.